The summed E-state index contributed by atoms with van der Waals surface area (Å²) in [7, 11) is 0. The quantitative estimate of drug-likeness (QED) is 0.675. The summed E-state index contributed by atoms with van der Waals surface area (Å²) in [6.07, 6.45) is 0.796. The Hall–Kier alpha value is -2.49. The largest absolute Gasteiger partial charge is 0.370 e. The normalized spacial score (nSPS) is 29.3. The molecule has 2 saturated heterocycles. The van der Waals surface area contributed by atoms with Crippen molar-refractivity contribution >= 4 is 29.7 Å². The molecule has 0 bridgehead atoms. The van der Waals surface area contributed by atoms with Gasteiger partial charge in [-0.1, -0.05) is 6.42 Å². The third kappa shape index (κ3) is 3.69. The SMILES string of the molecule is O=C(ON1C(=O)CCC1=O)C1CCCC(C(=O)ON2C(=O)CCC2O)C1. The van der Waals surface area contributed by atoms with Crippen LogP contribution in [0.2, 0.25) is 0 Å². The zero-order chi connectivity index (χ0) is 18.8. The number of rotatable bonds is 4. The average molecular weight is 368 g/mol. The fourth-order valence-corrected chi connectivity index (χ4v) is 3.37. The van der Waals surface area contributed by atoms with E-state index in [2.05, 4.69) is 0 Å². The molecule has 0 aromatic rings. The molecule has 3 atom stereocenters. The van der Waals surface area contributed by atoms with Gasteiger partial charge in [-0.25, -0.2) is 9.59 Å². The van der Waals surface area contributed by atoms with E-state index < -0.39 is 47.7 Å². The van der Waals surface area contributed by atoms with Gasteiger partial charge in [-0.15, -0.1) is 10.1 Å². The lowest BCUT2D eigenvalue weighted by atomic mass is 9.81. The zero-order valence-corrected chi connectivity index (χ0v) is 14.1. The van der Waals surface area contributed by atoms with E-state index in [1.807, 2.05) is 0 Å². The van der Waals surface area contributed by atoms with E-state index in [1.165, 1.54) is 0 Å². The van der Waals surface area contributed by atoms with Gasteiger partial charge in [0.05, 0.1) is 11.8 Å². The smallest absolute Gasteiger partial charge is 0.336 e. The van der Waals surface area contributed by atoms with Crippen LogP contribution in [0.15, 0.2) is 0 Å². The molecule has 1 saturated carbocycles. The van der Waals surface area contributed by atoms with Crippen LogP contribution in [0.4, 0.5) is 0 Å². The highest BCUT2D eigenvalue weighted by Gasteiger charge is 2.40. The lowest BCUT2D eigenvalue weighted by Crippen LogP contribution is -2.40. The number of amides is 3. The molecule has 0 aromatic carbocycles. The van der Waals surface area contributed by atoms with Crippen molar-refractivity contribution in [2.24, 2.45) is 11.8 Å². The van der Waals surface area contributed by atoms with Crippen molar-refractivity contribution in [2.45, 2.75) is 57.6 Å². The molecule has 3 rings (SSSR count). The van der Waals surface area contributed by atoms with Gasteiger partial charge in [0.1, 0.15) is 0 Å². The van der Waals surface area contributed by atoms with Crippen LogP contribution in [-0.2, 0) is 33.6 Å². The molecule has 10 nitrogen and oxygen atoms in total. The minimum absolute atomic E-state index is 0.0118. The summed E-state index contributed by atoms with van der Waals surface area (Å²) < 4.78 is 0. The van der Waals surface area contributed by atoms with Gasteiger partial charge >= 0.3 is 11.9 Å². The standard InChI is InChI=1S/C16H20N2O8/c19-11-4-5-12(20)17(11)25-15(23)9-2-1-3-10(8-9)16(24)26-18-13(21)6-7-14(18)22/h9-11,19H,1-8H2. The Morgan fingerprint density at radius 3 is 1.96 bits per heavy atom. The molecular formula is C16H20N2O8. The van der Waals surface area contributed by atoms with Crippen molar-refractivity contribution in [3.63, 3.8) is 0 Å². The lowest BCUT2D eigenvalue weighted by Gasteiger charge is -2.28. The number of carbonyl (C=O) groups is 5. The molecule has 2 aliphatic heterocycles. The maximum Gasteiger partial charge on any atom is 0.336 e. The van der Waals surface area contributed by atoms with Crippen molar-refractivity contribution < 1.29 is 38.8 Å². The van der Waals surface area contributed by atoms with Crippen LogP contribution in [0, 0.1) is 11.8 Å². The highest BCUT2D eigenvalue weighted by molar-refractivity contribution is 6.01. The van der Waals surface area contributed by atoms with Gasteiger partial charge in [-0.3, -0.25) is 14.4 Å². The van der Waals surface area contributed by atoms with E-state index in [9.17, 15) is 29.1 Å². The summed E-state index contributed by atoms with van der Waals surface area (Å²) in [5.41, 5.74) is 0. The first-order valence-electron chi connectivity index (χ1n) is 8.66. The van der Waals surface area contributed by atoms with E-state index in [0.29, 0.717) is 29.4 Å². The second-order valence-electron chi connectivity index (χ2n) is 6.70. The van der Waals surface area contributed by atoms with Gasteiger partial charge in [-0.2, -0.15) is 0 Å². The molecule has 142 valence electrons. The number of aliphatic hydroxyl groups is 1. The van der Waals surface area contributed by atoms with Gasteiger partial charge in [0, 0.05) is 25.7 Å². The summed E-state index contributed by atoms with van der Waals surface area (Å²) in [6.45, 7) is 0. The van der Waals surface area contributed by atoms with Gasteiger partial charge in [0.15, 0.2) is 6.23 Å². The monoisotopic (exact) mass is 368 g/mol. The molecule has 1 aliphatic carbocycles. The first kappa shape index (κ1) is 18.3. The van der Waals surface area contributed by atoms with Crippen LogP contribution >= 0.6 is 0 Å². The van der Waals surface area contributed by atoms with Crippen molar-refractivity contribution in [3.05, 3.63) is 0 Å². The molecule has 1 N–H and O–H groups in total. The highest BCUT2D eigenvalue weighted by atomic mass is 16.7. The molecule has 10 heteroatoms. The third-order valence-corrected chi connectivity index (χ3v) is 4.85. The van der Waals surface area contributed by atoms with Gasteiger partial charge in [0.25, 0.3) is 17.7 Å². The minimum Gasteiger partial charge on any atom is -0.370 e. The minimum atomic E-state index is -1.15. The summed E-state index contributed by atoms with van der Waals surface area (Å²) in [4.78, 5) is 69.0. The molecule has 2 heterocycles. The van der Waals surface area contributed by atoms with Crippen LogP contribution in [0.3, 0.4) is 0 Å². The van der Waals surface area contributed by atoms with Crippen molar-refractivity contribution in [1.82, 2.24) is 10.1 Å². The number of imide groups is 1. The number of hydrogen-bond donors (Lipinski definition) is 1. The van der Waals surface area contributed by atoms with Crippen LogP contribution in [0.25, 0.3) is 0 Å². The number of carbonyl (C=O) groups excluding carboxylic acids is 5. The first-order valence-corrected chi connectivity index (χ1v) is 8.66. The Morgan fingerprint density at radius 2 is 1.42 bits per heavy atom. The molecule has 3 amide bonds. The molecular weight excluding hydrogens is 348 g/mol. The Labute approximate surface area is 148 Å². The summed E-state index contributed by atoms with van der Waals surface area (Å²) in [5.74, 6) is -4.29. The second-order valence-corrected chi connectivity index (χ2v) is 6.70. The van der Waals surface area contributed by atoms with Crippen LogP contribution in [0.1, 0.15) is 51.4 Å². The van der Waals surface area contributed by atoms with Crippen molar-refractivity contribution in [3.8, 4) is 0 Å². The van der Waals surface area contributed by atoms with Crippen LogP contribution < -0.4 is 0 Å². The average Bonchev–Trinajstić information content (AvgIpc) is 3.11. The maximum atomic E-state index is 12.3. The van der Waals surface area contributed by atoms with Gasteiger partial charge < -0.3 is 14.8 Å². The Kier molecular flexibility index (Phi) is 5.21. The Morgan fingerprint density at radius 1 is 0.846 bits per heavy atom. The first-order chi connectivity index (χ1) is 12.4. The fourth-order valence-electron chi connectivity index (χ4n) is 3.37. The predicted octanol–water partition coefficient (Wildman–Crippen LogP) is -0.201. The Balaban J connectivity index is 1.55. The molecule has 26 heavy (non-hydrogen) atoms. The predicted molar refractivity (Wildman–Crippen MR) is 80.8 cm³/mol. The number of aliphatic hydroxyl groups excluding tert-OH is 1. The topological polar surface area (TPSA) is 131 Å². The molecule has 0 spiro atoms. The summed E-state index contributed by atoms with van der Waals surface area (Å²) >= 11 is 0. The van der Waals surface area contributed by atoms with Crippen LogP contribution in [-0.4, -0.2) is 51.1 Å². The molecule has 3 aliphatic rings. The van der Waals surface area contributed by atoms with Gasteiger partial charge in [0.2, 0.25) is 0 Å². The number of hydrogen-bond acceptors (Lipinski definition) is 8. The van der Waals surface area contributed by atoms with Gasteiger partial charge in [-0.05, 0) is 19.3 Å². The molecule has 3 unspecified atom stereocenters. The summed E-state index contributed by atoms with van der Waals surface area (Å²) in [6, 6.07) is 0. The van der Waals surface area contributed by atoms with E-state index in [0.717, 1.165) is 0 Å². The van der Waals surface area contributed by atoms with E-state index in [-0.39, 0.29) is 32.1 Å². The lowest BCUT2D eigenvalue weighted by molar-refractivity contribution is -0.225. The van der Waals surface area contributed by atoms with Crippen molar-refractivity contribution in [2.75, 3.05) is 0 Å². The summed E-state index contributed by atoms with van der Waals surface area (Å²) in [5, 5.41) is 10.8. The van der Waals surface area contributed by atoms with E-state index in [1.54, 1.807) is 0 Å². The van der Waals surface area contributed by atoms with E-state index >= 15 is 0 Å². The number of nitrogens with zero attached hydrogens (tertiary/aromatic N) is 2. The second kappa shape index (κ2) is 7.40. The molecule has 0 radical (unpaired) electrons. The van der Waals surface area contributed by atoms with E-state index in [4.69, 9.17) is 9.68 Å². The third-order valence-electron chi connectivity index (χ3n) is 4.85. The molecule has 3 fully saturated rings. The van der Waals surface area contributed by atoms with Crippen LogP contribution in [0.5, 0.6) is 0 Å². The highest BCUT2D eigenvalue weighted by Crippen LogP contribution is 2.32. The fraction of sp³-hybridized carbons (Fsp3) is 0.688. The Bertz CT molecular complexity index is 632. The maximum absolute atomic E-state index is 12.3. The zero-order valence-electron chi connectivity index (χ0n) is 14.1. The van der Waals surface area contributed by atoms with Crippen molar-refractivity contribution in [1.29, 1.82) is 0 Å². The molecule has 0 aromatic heterocycles. The number of hydroxylamine groups is 4.